The molecule has 4 heteroatoms. The second-order valence-electron chi connectivity index (χ2n) is 5.71. The van der Waals surface area contributed by atoms with Crippen molar-refractivity contribution in [3.63, 3.8) is 0 Å². The molecule has 98 valence electrons. The average molecular weight is 268 g/mol. The second-order valence-corrected chi connectivity index (χ2v) is 6.11. The van der Waals surface area contributed by atoms with Crippen LogP contribution in [0.25, 0.3) is 0 Å². The minimum atomic E-state index is -0.459. The van der Waals surface area contributed by atoms with E-state index in [1.54, 1.807) is 4.90 Å². The molecule has 1 heterocycles. The third kappa shape index (κ3) is 2.78. The molecule has 0 aliphatic carbocycles. The van der Waals surface area contributed by atoms with Gasteiger partial charge in [0.25, 0.3) is 0 Å². The summed E-state index contributed by atoms with van der Waals surface area (Å²) in [4.78, 5) is 13.7. The lowest BCUT2D eigenvalue weighted by atomic mass is 10.1. The van der Waals surface area contributed by atoms with Crippen LogP contribution in [0.4, 0.5) is 4.79 Å². The van der Waals surface area contributed by atoms with Crippen LogP contribution in [0.2, 0.25) is 5.02 Å². The predicted octanol–water partition coefficient (Wildman–Crippen LogP) is 3.90. The topological polar surface area (TPSA) is 29.5 Å². The molecule has 1 aliphatic heterocycles. The van der Waals surface area contributed by atoms with Crippen molar-refractivity contribution in [1.29, 1.82) is 0 Å². The fourth-order valence-electron chi connectivity index (χ4n) is 2.00. The van der Waals surface area contributed by atoms with Crippen LogP contribution in [0, 0.1) is 6.92 Å². The summed E-state index contributed by atoms with van der Waals surface area (Å²) < 4.78 is 5.37. The Morgan fingerprint density at radius 2 is 1.83 bits per heavy atom. The Hall–Kier alpha value is -1.22. The van der Waals surface area contributed by atoms with Gasteiger partial charge >= 0.3 is 6.09 Å². The van der Waals surface area contributed by atoms with Crippen molar-refractivity contribution in [3.8, 4) is 0 Å². The number of carbonyl (C=O) groups excluding carboxylic acids is 1. The Morgan fingerprint density at radius 3 is 2.39 bits per heavy atom. The molecule has 0 atom stereocenters. The molecule has 0 N–H and O–H groups in total. The van der Waals surface area contributed by atoms with E-state index in [1.165, 1.54) is 0 Å². The Bertz CT molecular complexity index is 460. The maximum atomic E-state index is 12.0. The van der Waals surface area contributed by atoms with E-state index in [9.17, 15) is 4.79 Å². The first-order valence-corrected chi connectivity index (χ1v) is 6.40. The van der Waals surface area contributed by atoms with Gasteiger partial charge in [0.1, 0.15) is 5.60 Å². The largest absolute Gasteiger partial charge is 0.444 e. The molecular weight excluding hydrogens is 250 g/mol. The van der Waals surface area contributed by atoms with Crippen LogP contribution in [0.3, 0.4) is 0 Å². The van der Waals surface area contributed by atoms with Crippen LogP contribution in [0.15, 0.2) is 12.1 Å². The van der Waals surface area contributed by atoms with Gasteiger partial charge in [-0.1, -0.05) is 17.7 Å². The summed E-state index contributed by atoms with van der Waals surface area (Å²) in [7, 11) is 0. The summed E-state index contributed by atoms with van der Waals surface area (Å²) >= 11 is 6.09. The number of halogens is 1. The van der Waals surface area contributed by atoms with Gasteiger partial charge in [-0.05, 0) is 50.5 Å². The maximum absolute atomic E-state index is 12.0. The molecule has 0 unspecified atom stereocenters. The molecule has 1 aromatic carbocycles. The van der Waals surface area contributed by atoms with Crippen molar-refractivity contribution >= 4 is 17.7 Å². The number of nitrogens with zero attached hydrogens (tertiary/aromatic N) is 1. The van der Waals surface area contributed by atoms with Gasteiger partial charge in [0.15, 0.2) is 0 Å². The average Bonchev–Trinajstić information content (AvgIpc) is 2.59. The number of fused-ring (bicyclic) bond motifs is 1. The highest BCUT2D eigenvalue weighted by Gasteiger charge is 2.28. The van der Waals surface area contributed by atoms with E-state index < -0.39 is 5.60 Å². The van der Waals surface area contributed by atoms with E-state index in [-0.39, 0.29) is 6.09 Å². The van der Waals surface area contributed by atoms with Gasteiger partial charge in [-0.15, -0.1) is 0 Å². The van der Waals surface area contributed by atoms with Gasteiger partial charge in [-0.2, -0.15) is 0 Å². The summed E-state index contributed by atoms with van der Waals surface area (Å²) in [5, 5.41) is 0.750. The molecule has 0 saturated carbocycles. The Labute approximate surface area is 113 Å². The summed E-state index contributed by atoms with van der Waals surface area (Å²) in [5.41, 5.74) is 2.85. The van der Waals surface area contributed by atoms with Gasteiger partial charge in [0.2, 0.25) is 0 Å². The zero-order chi connectivity index (χ0) is 13.5. The van der Waals surface area contributed by atoms with Crippen molar-refractivity contribution in [1.82, 2.24) is 4.90 Å². The number of rotatable bonds is 0. The van der Waals surface area contributed by atoms with Crippen LogP contribution in [0.1, 0.15) is 37.5 Å². The second kappa shape index (κ2) is 4.47. The smallest absolute Gasteiger partial charge is 0.410 e. The molecular formula is C14H18ClNO2. The van der Waals surface area contributed by atoms with Crippen molar-refractivity contribution in [2.75, 3.05) is 0 Å². The van der Waals surface area contributed by atoms with Gasteiger partial charge in [-0.3, -0.25) is 4.90 Å². The zero-order valence-electron chi connectivity index (χ0n) is 11.2. The van der Waals surface area contributed by atoms with Crippen molar-refractivity contribution < 1.29 is 9.53 Å². The molecule has 1 amide bonds. The Morgan fingerprint density at radius 1 is 1.28 bits per heavy atom. The molecule has 0 saturated heterocycles. The van der Waals surface area contributed by atoms with Gasteiger partial charge < -0.3 is 4.74 Å². The molecule has 0 bridgehead atoms. The monoisotopic (exact) mass is 267 g/mol. The summed E-state index contributed by atoms with van der Waals surface area (Å²) in [6.45, 7) is 8.75. The van der Waals surface area contributed by atoms with E-state index in [4.69, 9.17) is 16.3 Å². The molecule has 1 aliphatic rings. The summed E-state index contributed by atoms with van der Waals surface area (Å²) in [6, 6.07) is 3.98. The number of aryl methyl sites for hydroxylation is 1. The van der Waals surface area contributed by atoms with E-state index in [0.717, 1.165) is 21.7 Å². The lowest BCUT2D eigenvalue weighted by Crippen LogP contribution is -2.33. The van der Waals surface area contributed by atoms with Crippen LogP contribution in [-0.2, 0) is 17.8 Å². The van der Waals surface area contributed by atoms with Crippen molar-refractivity contribution in [2.45, 2.75) is 46.4 Å². The third-order valence-electron chi connectivity index (χ3n) is 2.85. The van der Waals surface area contributed by atoms with Gasteiger partial charge in [0.05, 0.1) is 0 Å². The quantitative estimate of drug-likeness (QED) is 0.713. The standard InChI is InChI=1S/C14H18ClNO2/c1-9-5-10-7-16(8-11(10)6-12(9)15)13(17)18-14(2,3)4/h5-6H,7-8H2,1-4H3. The minimum absolute atomic E-state index is 0.271. The number of benzene rings is 1. The molecule has 0 fully saturated rings. The minimum Gasteiger partial charge on any atom is -0.444 e. The lowest BCUT2D eigenvalue weighted by Gasteiger charge is -2.24. The molecule has 18 heavy (non-hydrogen) atoms. The number of amides is 1. The normalized spacial score (nSPS) is 14.6. The van der Waals surface area contributed by atoms with Crippen LogP contribution < -0.4 is 0 Å². The molecule has 2 rings (SSSR count). The SMILES string of the molecule is Cc1cc2c(cc1Cl)CN(C(=O)OC(C)(C)C)C2. The molecule has 1 aromatic rings. The lowest BCUT2D eigenvalue weighted by molar-refractivity contribution is 0.0242. The first-order chi connectivity index (χ1) is 8.26. The van der Waals surface area contributed by atoms with Crippen LogP contribution in [-0.4, -0.2) is 16.6 Å². The van der Waals surface area contributed by atoms with Gasteiger partial charge in [-0.25, -0.2) is 4.79 Å². The summed E-state index contributed by atoms with van der Waals surface area (Å²) in [5.74, 6) is 0. The fourth-order valence-corrected chi connectivity index (χ4v) is 2.19. The highest BCUT2D eigenvalue weighted by Crippen LogP contribution is 2.29. The van der Waals surface area contributed by atoms with E-state index >= 15 is 0 Å². The molecule has 0 spiro atoms. The van der Waals surface area contributed by atoms with Crippen molar-refractivity contribution in [3.05, 3.63) is 33.8 Å². The van der Waals surface area contributed by atoms with Crippen LogP contribution in [0.5, 0.6) is 0 Å². The van der Waals surface area contributed by atoms with E-state index in [0.29, 0.717) is 13.1 Å². The number of hydrogen-bond donors (Lipinski definition) is 0. The third-order valence-corrected chi connectivity index (χ3v) is 3.26. The first kappa shape index (κ1) is 13.2. The van der Waals surface area contributed by atoms with Crippen molar-refractivity contribution in [2.24, 2.45) is 0 Å². The number of hydrogen-bond acceptors (Lipinski definition) is 2. The highest BCUT2D eigenvalue weighted by molar-refractivity contribution is 6.31. The molecule has 0 radical (unpaired) electrons. The van der Waals surface area contributed by atoms with Gasteiger partial charge in [0, 0.05) is 18.1 Å². The Balaban J connectivity index is 2.13. The molecule has 3 nitrogen and oxygen atoms in total. The zero-order valence-corrected chi connectivity index (χ0v) is 12.0. The number of ether oxygens (including phenoxy) is 1. The molecule has 0 aromatic heterocycles. The summed E-state index contributed by atoms with van der Waals surface area (Å²) in [6.07, 6.45) is -0.271. The Kier molecular flexibility index (Phi) is 3.28. The number of carbonyl (C=O) groups is 1. The first-order valence-electron chi connectivity index (χ1n) is 6.02. The van der Waals surface area contributed by atoms with E-state index in [1.807, 2.05) is 39.8 Å². The maximum Gasteiger partial charge on any atom is 0.410 e. The van der Waals surface area contributed by atoms with Crippen LogP contribution >= 0.6 is 11.6 Å². The predicted molar refractivity (Wildman–Crippen MR) is 71.7 cm³/mol. The van der Waals surface area contributed by atoms with E-state index in [2.05, 4.69) is 0 Å². The fraction of sp³-hybridized carbons (Fsp3) is 0.500. The highest BCUT2D eigenvalue weighted by atomic mass is 35.5.